The number of aliphatic hydroxyl groups excluding tert-OH is 5. The summed E-state index contributed by atoms with van der Waals surface area (Å²) >= 11 is 0. The van der Waals surface area contributed by atoms with Crippen molar-refractivity contribution in [3.8, 4) is 0 Å². The second-order valence-corrected chi connectivity index (χ2v) is 30.3. The molecule has 1 heterocycles. The van der Waals surface area contributed by atoms with Crippen LogP contribution in [-0.2, 0) is 23.8 Å². The van der Waals surface area contributed by atoms with Gasteiger partial charge in [0.1, 0.15) is 24.4 Å². The van der Waals surface area contributed by atoms with Gasteiger partial charge in [-0.15, -0.1) is 0 Å². The Morgan fingerprint density at radius 1 is 0.375 bits per heavy atom. The van der Waals surface area contributed by atoms with E-state index in [4.69, 9.17) is 14.2 Å². The monoisotopic (exact) mass is 1360 g/mol. The first-order chi connectivity index (χ1) is 47.2. The molecule has 0 aromatic carbocycles. The molecule has 1 rings (SSSR count). The van der Waals surface area contributed by atoms with Crippen molar-refractivity contribution in [1.82, 2.24) is 5.32 Å². The van der Waals surface area contributed by atoms with Gasteiger partial charge in [-0.2, -0.15) is 0 Å². The predicted octanol–water partition coefficient (Wildman–Crippen LogP) is 23.7. The standard InChI is InChI=1S/C85H165NO10/c1-3-5-7-9-11-13-15-16-17-18-43-46-49-53-57-61-65-69-73-81(90)94-74-70-66-62-58-54-50-47-44-41-39-37-35-33-31-29-27-25-23-21-19-20-22-24-26-28-30-32-34-36-38-40-42-45-48-52-56-60-64-68-72-80(89)86-77(76-95-85-84(93)83(92)82(91)79(75-87)96-85)78(88)71-67-63-59-55-51-14-12-10-8-6-4-2/h67,71,77-79,82-85,87-88,91-93H,3-66,68-70,72-76H2,1-2H3,(H,86,89)/b71-67+. The number of hydrogen-bond donors (Lipinski definition) is 6. The maximum atomic E-state index is 13.1. The Kier molecular flexibility index (Phi) is 71.8. The molecule has 1 saturated heterocycles. The molecule has 0 aliphatic carbocycles. The van der Waals surface area contributed by atoms with Crippen LogP contribution in [0.3, 0.4) is 0 Å². The van der Waals surface area contributed by atoms with Crippen LogP contribution < -0.4 is 5.32 Å². The molecule has 1 amide bonds. The van der Waals surface area contributed by atoms with Crippen LogP contribution in [-0.4, -0.2) is 100 Å². The molecule has 0 spiro atoms. The van der Waals surface area contributed by atoms with Crippen molar-refractivity contribution in [2.24, 2.45) is 0 Å². The third-order valence-electron chi connectivity index (χ3n) is 20.9. The third kappa shape index (κ3) is 62.2. The molecule has 7 unspecified atom stereocenters. The highest BCUT2D eigenvalue weighted by Crippen LogP contribution is 2.24. The van der Waals surface area contributed by atoms with Gasteiger partial charge in [0.05, 0.1) is 32.0 Å². The highest BCUT2D eigenvalue weighted by Gasteiger charge is 2.44. The summed E-state index contributed by atoms with van der Waals surface area (Å²) in [4.78, 5) is 25.2. The number of amides is 1. The van der Waals surface area contributed by atoms with Crippen LogP contribution in [0.1, 0.15) is 457 Å². The first-order valence-electron chi connectivity index (χ1n) is 43.0. The first kappa shape index (κ1) is 92.4. The summed E-state index contributed by atoms with van der Waals surface area (Å²) < 4.78 is 16.8. The molecule has 570 valence electrons. The maximum Gasteiger partial charge on any atom is 0.305 e. The Labute approximate surface area is 595 Å². The fourth-order valence-electron chi connectivity index (χ4n) is 14.2. The molecule has 96 heavy (non-hydrogen) atoms. The fourth-order valence-corrected chi connectivity index (χ4v) is 14.2. The Hall–Kier alpha value is -1.60. The Bertz CT molecular complexity index is 1600. The zero-order valence-electron chi connectivity index (χ0n) is 63.9. The van der Waals surface area contributed by atoms with Crippen molar-refractivity contribution in [2.75, 3.05) is 19.8 Å². The van der Waals surface area contributed by atoms with Gasteiger partial charge in [-0.05, 0) is 32.1 Å². The minimum absolute atomic E-state index is 0.0241. The number of rotatable bonds is 78. The lowest BCUT2D eigenvalue weighted by molar-refractivity contribution is -0.302. The van der Waals surface area contributed by atoms with E-state index in [1.54, 1.807) is 6.08 Å². The van der Waals surface area contributed by atoms with Crippen molar-refractivity contribution in [1.29, 1.82) is 0 Å². The van der Waals surface area contributed by atoms with E-state index in [1.807, 2.05) is 6.08 Å². The Morgan fingerprint density at radius 3 is 0.969 bits per heavy atom. The van der Waals surface area contributed by atoms with Crippen molar-refractivity contribution in [3.63, 3.8) is 0 Å². The summed E-state index contributed by atoms with van der Waals surface area (Å²) in [6.07, 6.45) is 85.7. The Morgan fingerprint density at radius 2 is 0.656 bits per heavy atom. The van der Waals surface area contributed by atoms with Crippen LogP contribution >= 0.6 is 0 Å². The van der Waals surface area contributed by atoms with Gasteiger partial charge < -0.3 is 45.1 Å². The van der Waals surface area contributed by atoms with E-state index in [9.17, 15) is 35.1 Å². The lowest BCUT2D eigenvalue weighted by Crippen LogP contribution is -2.60. The van der Waals surface area contributed by atoms with Gasteiger partial charge in [-0.25, -0.2) is 0 Å². The van der Waals surface area contributed by atoms with Crippen molar-refractivity contribution >= 4 is 11.9 Å². The van der Waals surface area contributed by atoms with Gasteiger partial charge in [0.2, 0.25) is 5.91 Å². The molecular formula is C85H165NO10. The SMILES string of the molecule is CCCCCCCCCCC/C=C/C(O)C(COC1OC(CO)C(O)C(O)C1O)NC(=O)CCCCCCCCCCCCCCCCCCCCCCCCCCCCCCCCCCCCCCCCCOC(=O)CCCCCCCCCCCCCCCCCCCC. The largest absolute Gasteiger partial charge is 0.466 e. The number of unbranched alkanes of at least 4 members (excludes halogenated alkanes) is 64. The molecule has 11 heteroatoms. The summed E-state index contributed by atoms with van der Waals surface area (Å²) in [6, 6.07) is -0.804. The molecule has 11 nitrogen and oxygen atoms in total. The number of esters is 1. The molecule has 6 N–H and O–H groups in total. The van der Waals surface area contributed by atoms with E-state index in [0.717, 1.165) is 51.4 Å². The lowest BCUT2D eigenvalue weighted by atomic mass is 9.99. The number of carbonyl (C=O) groups is 2. The van der Waals surface area contributed by atoms with Crippen LogP contribution in [0, 0.1) is 0 Å². The summed E-state index contributed by atoms with van der Waals surface area (Å²) in [5.74, 6) is -0.149. The molecule has 1 fully saturated rings. The van der Waals surface area contributed by atoms with Crippen LogP contribution in [0.4, 0.5) is 0 Å². The average Bonchev–Trinajstić information content (AvgIpc) is 0.855. The molecule has 1 aliphatic heterocycles. The number of nitrogens with one attached hydrogen (secondary N) is 1. The quantitative estimate of drug-likeness (QED) is 0.0195. The molecular weight excluding hydrogens is 1190 g/mol. The van der Waals surface area contributed by atoms with Gasteiger partial charge in [-0.1, -0.05) is 424 Å². The normalized spacial score (nSPS) is 17.3. The average molecular weight is 1360 g/mol. The molecule has 0 saturated carbocycles. The predicted molar refractivity (Wildman–Crippen MR) is 408 cm³/mol. The first-order valence-corrected chi connectivity index (χ1v) is 43.0. The van der Waals surface area contributed by atoms with Crippen molar-refractivity contribution < 1.29 is 49.3 Å². The second kappa shape index (κ2) is 74.6. The highest BCUT2D eigenvalue weighted by molar-refractivity contribution is 5.76. The van der Waals surface area contributed by atoms with E-state index < -0.39 is 49.5 Å². The third-order valence-corrected chi connectivity index (χ3v) is 20.9. The van der Waals surface area contributed by atoms with Crippen LogP contribution in [0.25, 0.3) is 0 Å². The van der Waals surface area contributed by atoms with E-state index >= 15 is 0 Å². The smallest absolute Gasteiger partial charge is 0.305 e. The number of aliphatic hydroxyl groups is 5. The van der Waals surface area contributed by atoms with Gasteiger partial charge in [0, 0.05) is 12.8 Å². The molecule has 7 atom stereocenters. The summed E-state index contributed by atoms with van der Waals surface area (Å²) in [5.41, 5.74) is 0. The lowest BCUT2D eigenvalue weighted by Gasteiger charge is -2.40. The van der Waals surface area contributed by atoms with E-state index in [-0.39, 0.29) is 18.5 Å². The van der Waals surface area contributed by atoms with Crippen LogP contribution in [0.2, 0.25) is 0 Å². The number of hydrogen-bond acceptors (Lipinski definition) is 10. The summed E-state index contributed by atoms with van der Waals surface area (Å²) in [5, 5.41) is 54.5. The van der Waals surface area contributed by atoms with Crippen LogP contribution in [0.15, 0.2) is 12.2 Å². The Balaban J connectivity index is 1.83. The van der Waals surface area contributed by atoms with Gasteiger partial charge in [0.25, 0.3) is 0 Å². The van der Waals surface area contributed by atoms with Gasteiger partial charge >= 0.3 is 5.97 Å². The molecule has 1 aliphatic rings. The topological polar surface area (TPSA) is 175 Å². The number of allylic oxidation sites excluding steroid dienone is 1. The van der Waals surface area contributed by atoms with E-state index in [1.165, 1.54) is 379 Å². The number of carbonyl (C=O) groups excluding carboxylic acids is 2. The minimum atomic E-state index is -1.57. The zero-order chi connectivity index (χ0) is 69.4. The van der Waals surface area contributed by atoms with Crippen molar-refractivity contribution in [2.45, 2.75) is 500 Å². The molecule has 0 bridgehead atoms. The zero-order valence-corrected chi connectivity index (χ0v) is 63.9. The molecule has 0 aromatic heterocycles. The van der Waals surface area contributed by atoms with E-state index in [2.05, 4.69) is 19.2 Å². The molecule has 0 aromatic rings. The van der Waals surface area contributed by atoms with Crippen LogP contribution in [0.5, 0.6) is 0 Å². The van der Waals surface area contributed by atoms with Crippen molar-refractivity contribution in [3.05, 3.63) is 12.2 Å². The maximum absolute atomic E-state index is 13.1. The van der Waals surface area contributed by atoms with Gasteiger partial charge in [0.15, 0.2) is 6.29 Å². The minimum Gasteiger partial charge on any atom is -0.466 e. The summed E-state index contributed by atoms with van der Waals surface area (Å²) in [7, 11) is 0. The number of ether oxygens (including phenoxy) is 3. The highest BCUT2D eigenvalue weighted by atomic mass is 16.7. The van der Waals surface area contributed by atoms with E-state index in [0.29, 0.717) is 19.4 Å². The fraction of sp³-hybridized carbons (Fsp3) is 0.953. The van der Waals surface area contributed by atoms with Gasteiger partial charge in [-0.3, -0.25) is 9.59 Å². The second-order valence-electron chi connectivity index (χ2n) is 30.3. The summed E-state index contributed by atoms with van der Waals surface area (Å²) in [6.45, 7) is 4.41. The molecule has 0 radical (unpaired) electrons.